The van der Waals surface area contributed by atoms with Gasteiger partial charge < -0.3 is 14.1 Å². The van der Waals surface area contributed by atoms with E-state index in [0.29, 0.717) is 17.3 Å². The Labute approximate surface area is 284 Å². The van der Waals surface area contributed by atoms with Gasteiger partial charge in [0, 0.05) is 49.3 Å². The van der Waals surface area contributed by atoms with E-state index < -0.39 is 0 Å². The van der Waals surface area contributed by atoms with E-state index in [1.54, 1.807) is 0 Å². The third-order valence-corrected chi connectivity index (χ3v) is 8.28. The standard InChI is InChI=1S/C26H16N3O.C13H24O2.Ir/c1-3-11-19(12-4-1)25-28-24-26(30-25)27-23(29(24)20-14-5-2-6-15-20)22-17-9-13-18-10-7-8-16-21(18)22;1-5-10(6-2)12(14)9-13(15)11(7-3)8-4;/h1-16H;9-11,14H,5-8H2,1-4H3;/q-1;;/b;12-9-;. The number of fused-ring (bicyclic) bond motifs is 2. The van der Waals surface area contributed by atoms with Crippen molar-refractivity contribution in [1.82, 2.24) is 14.5 Å². The van der Waals surface area contributed by atoms with Gasteiger partial charge in [0.05, 0.1) is 11.6 Å². The maximum Gasteiger partial charge on any atom is 0.257 e. The van der Waals surface area contributed by atoms with Crippen LogP contribution in [0.4, 0.5) is 0 Å². The first-order valence-electron chi connectivity index (χ1n) is 15.8. The molecule has 1 N–H and O–H groups in total. The molecular formula is C39H40IrN3O3-. The third kappa shape index (κ3) is 7.55. The number of carbonyl (C=O) groups is 1. The summed E-state index contributed by atoms with van der Waals surface area (Å²) in [6.07, 6.45) is 4.91. The largest absolute Gasteiger partial charge is 0.512 e. The molecule has 0 aliphatic heterocycles. The fourth-order valence-corrected chi connectivity index (χ4v) is 5.59. The van der Waals surface area contributed by atoms with Gasteiger partial charge in [-0.2, -0.15) is 4.98 Å². The Kier molecular flexibility index (Phi) is 12.2. The second-order valence-corrected chi connectivity index (χ2v) is 11.1. The van der Waals surface area contributed by atoms with Gasteiger partial charge in [-0.1, -0.05) is 93.7 Å². The van der Waals surface area contributed by atoms with Gasteiger partial charge in [-0.25, -0.2) is 4.98 Å². The van der Waals surface area contributed by atoms with Crippen LogP contribution in [0.15, 0.2) is 113 Å². The van der Waals surface area contributed by atoms with Gasteiger partial charge in [0.25, 0.3) is 5.71 Å². The number of oxazole rings is 1. The number of benzene rings is 4. The van der Waals surface area contributed by atoms with E-state index in [4.69, 9.17) is 14.4 Å². The molecule has 0 aliphatic carbocycles. The second-order valence-electron chi connectivity index (χ2n) is 11.1. The van der Waals surface area contributed by atoms with Crippen molar-refractivity contribution in [3.8, 4) is 28.5 Å². The quantitative estimate of drug-likeness (QED) is 0.0849. The molecule has 1 radical (unpaired) electrons. The minimum Gasteiger partial charge on any atom is -0.512 e. The van der Waals surface area contributed by atoms with Crippen LogP contribution in [0.2, 0.25) is 0 Å². The number of nitrogens with zero attached hydrogens (tertiary/aromatic N) is 3. The minimum absolute atomic E-state index is 0. The Morgan fingerprint density at radius 3 is 2.09 bits per heavy atom. The van der Waals surface area contributed by atoms with Gasteiger partial charge in [-0.05, 0) is 49.9 Å². The summed E-state index contributed by atoms with van der Waals surface area (Å²) >= 11 is 0. The van der Waals surface area contributed by atoms with E-state index in [9.17, 15) is 9.90 Å². The molecular weight excluding hydrogens is 751 g/mol. The molecule has 46 heavy (non-hydrogen) atoms. The Hall–Kier alpha value is -4.32. The van der Waals surface area contributed by atoms with Crippen molar-refractivity contribution in [2.24, 2.45) is 11.8 Å². The Morgan fingerprint density at radius 2 is 1.43 bits per heavy atom. The summed E-state index contributed by atoms with van der Waals surface area (Å²) < 4.78 is 8.12. The predicted octanol–water partition coefficient (Wildman–Crippen LogP) is 10.2. The van der Waals surface area contributed by atoms with Gasteiger partial charge in [0.2, 0.25) is 5.89 Å². The van der Waals surface area contributed by atoms with Crippen LogP contribution in [-0.4, -0.2) is 25.4 Å². The molecule has 0 fully saturated rings. The van der Waals surface area contributed by atoms with Crippen molar-refractivity contribution in [3.05, 3.63) is 115 Å². The summed E-state index contributed by atoms with van der Waals surface area (Å²) in [5.74, 6) is 1.87. The van der Waals surface area contributed by atoms with E-state index in [0.717, 1.165) is 59.1 Å². The molecule has 6 aromatic rings. The molecule has 4 aromatic carbocycles. The number of ketones is 1. The number of hydrogen-bond acceptors (Lipinski definition) is 5. The van der Waals surface area contributed by atoms with Crippen molar-refractivity contribution in [3.63, 3.8) is 0 Å². The monoisotopic (exact) mass is 791 g/mol. The number of rotatable bonds is 10. The zero-order valence-electron chi connectivity index (χ0n) is 26.7. The number of aromatic nitrogens is 3. The molecule has 6 rings (SSSR count). The van der Waals surface area contributed by atoms with Crippen molar-refractivity contribution < 1.29 is 34.4 Å². The zero-order valence-corrected chi connectivity index (χ0v) is 29.1. The van der Waals surface area contributed by atoms with Crippen LogP contribution in [0.25, 0.3) is 50.7 Å². The minimum atomic E-state index is 0. The van der Waals surface area contributed by atoms with Crippen molar-refractivity contribution in [2.75, 3.05) is 0 Å². The average molecular weight is 791 g/mol. The second kappa shape index (κ2) is 16.3. The Bertz CT molecular complexity index is 1880. The summed E-state index contributed by atoms with van der Waals surface area (Å²) in [5.41, 5.74) is 4.02. The molecule has 0 saturated carbocycles. The Balaban J connectivity index is 0.000000259. The number of allylic oxidation sites excluding steroid dienone is 2. The molecule has 0 aliphatic rings. The van der Waals surface area contributed by atoms with E-state index >= 15 is 0 Å². The number of imidazole rings is 1. The maximum absolute atomic E-state index is 11.7. The van der Waals surface area contributed by atoms with Gasteiger partial charge in [0.1, 0.15) is 0 Å². The average Bonchev–Trinajstić information content (AvgIpc) is 3.65. The van der Waals surface area contributed by atoms with Crippen LogP contribution < -0.4 is 0 Å². The van der Waals surface area contributed by atoms with Crippen molar-refractivity contribution >= 4 is 27.9 Å². The number of para-hydroxylation sites is 1. The summed E-state index contributed by atoms with van der Waals surface area (Å²) in [5, 5.41) is 12.0. The number of hydrogen-bond donors (Lipinski definition) is 1. The van der Waals surface area contributed by atoms with E-state index in [1.807, 2.05) is 111 Å². The van der Waals surface area contributed by atoms with E-state index in [-0.39, 0.29) is 43.5 Å². The van der Waals surface area contributed by atoms with E-state index in [2.05, 4.69) is 24.3 Å². The van der Waals surface area contributed by atoms with Gasteiger partial charge in [0.15, 0.2) is 11.4 Å². The molecule has 7 heteroatoms. The molecule has 2 heterocycles. The van der Waals surface area contributed by atoms with Crippen LogP contribution in [0, 0.1) is 17.9 Å². The normalized spacial score (nSPS) is 11.5. The Morgan fingerprint density at radius 1 is 0.826 bits per heavy atom. The number of carbonyl (C=O) groups excluding carboxylic acids is 1. The molecule has 0 amide bonds. The first-order chi connectivity index (χ1) is 22.0. The molecule has 2 aromatic heterocycles. The fourth-order valence-electron chi connectivity index (χ4n) is 5.59. The predicted molar refractivity (Wildman–Crippen MR) is 182 cm³/mol. The molecule has 0 atom stereocenters. The number of aliphatic hydroxyl groups is 1. The fraction of sp³-hybridized carbons (Fsp3) is 0.256. The van der Waals surface area contributed by atoms with Crippen LogP contribution in [0.3, 0.4) is 0 Å². The topological polar surface area (TPSA) is 81.2 Å². The molecule has 0 bridgehead atoms. The third-order valence-electron chi connectivity index (χ3n) is 8.28. The van der Waals surface area contributed by atoms with Crippen molar-refractivity contribution in [1.29, 1.82) is 0 Å². The SMILES string of the molecule is CCC(CC)C(=O)/C=C(\O)C(CC)CC.[Ir].[c-]1ccc2ccccc2c1-c1nc2oc(-c3ccccc3)nc2n1-c1ccccc1. The zero-order chi connectivity index (χ0) is 31.8. The first-order valence-corrected chi connectivity index (χ1v) is 15.8. The summed E-state index contributed by atoms with van der Waals surface area (Å²) in [7, 11) is 0. The smallest absolute Gasteiger partial charge is 0.257 e. The number of aliphatic hydroxyl groups excluding tert-OH is 1. The molecule has 6 nitrogen and oxygen atoms in total. The maximum atomic E-state index is 11.7. The molecule has 239 valence electrons. The molecule has 0 unspecified atom stereocenters. The van der Waals surface area contributed by atoms with Gasteiger partial charge in [-0.3, -0.25) is 4.79 Å². The van der Waals surface area contributed by atoms with Crippen LogP contribution in [0.5, 0.6) is 0 Å². The van der Waals surface area contributed by atoms with Crippen molar-refractivity contribution in [2.45, 2.75) is 53.4 Å². The summed E-state index contributed by atoms with van der Waals surface area (Å²) in [6.45, 7) is 8.07. The van der Waals surface area contributed by atoms with Crippen LogP contribution >= 0.6 is 0 Å². The van der Waals surface area contributed by atoms with E-state index in [1.165, 1.54) is 6.08 Å². The van der Waals surface area contributed by atoms with Gasteiger partial charge >= 0.3 is 0 Å². The van der Waals surface area contributed by atoms with Crippen LogP contribution in [-0.2, 0) is 24.9 Å². The molecule has 0 saturated heterocycles. The first kappa shape index (κ1) is 34.6. The van der Waals surface area contributed by atoms with Crippen LogP contribution in [0.1, 0.15) is 53.4 Å². The summed E-state index contributed by atoms with van der Waals surface area (Å²) in [6, 6.07) is 35.6. The molecule has 0 spiro atoms. The summed E-state index contributed by atoms with van der Waals surface area (Å²) in [4.78, 5) is 21.4. The van der Waals surface area contributed by atoms with Gasteiger partial charge in [-0.15, -0.1) is 29.1 Å².